The van der Waals surface area contributed by atoms with Crippen LogP contribution < -0.4 is 0 Å². The first-order chi connectivity index (χ1) is 33.6. The maximum Gasteiger partial charge on any atom is 0.306 e. The van der Waals surface area contributed by atoms with Gasteiger partial charge >= 0.3 is 5.97 Å². The molecule has 2 aliphatic heterocycles. The Hall–Kier alpha value is -1.27. The number of hydrogen-bond acceptors (Lipinski definition) is 14. The summed E-state index contributed by atoms with van der Waals surface area (Å²) in [6.45, 7) is 3.73. The van der Waals surface area contributed by atoms with Crippen molar-refractivity contribution in [2.75, 3.05) is 33.0 Å². The molecule has 14 nitrogen and oxygen atoms in total. The van der Waals surface area contributed by atoms with Crippen LogP contribution in [0.4, 0.5) is 0 Å². The summed E-state index contributed by atoms with van der Waals surface area (Å²) in [7, 11) is 0. The van der Waals surface area contributed by atoms with Crippen molar-refractivity contribution in [1.29, 1.82) is 0 Å². The lowest BCUT2D eigenvalue weighted by Crippen LogP contribution is -2.61. The second kappa shape index (κ2) is 43.2. The highest BCUT2D eigenvalue weighted by Crippen LogP contribution is 2.27. The molecule has 2 rings (SSSR count). The van der Waals surface area contributed by atoms with Crippen molar-refractivity contribution in [3.8, 4) is 0 Å². The average molecular weight is 989 g/mol. The summed E-state index contributed by atoms with van der Waals surface area (Å²) in [5, 5.41) is 72.2. The molecule has 0 saturated carbocycles. The molecule has 408 valence electrons. The number of esters is 1. The number of rotatable bonds is 46. The molecule has 2 saturated heterocycles. The van der Waals surface area contributed by atoms with Gasteiger partial charge < -0.3 is 64.2 Å². The van der Waals surface area contributed by atoms with E-state index in [0.717, 1.165) is 38.5 Å². The van der Waals surface area contributed by atoms with Crippen LogP contribution in [0.2, 0.25) is 0 Å². The van der Waals surface area contributed by atoms with E-state index < -0.39 is 80.7 Å². The zero-order valence-corrected chi connectivity index (χ0v) is 43.6. The summed E-state index contributed by atoms with van der Waals surface area (Å²) in [4.78, 5) is 13.1. The molecule has 7 N–H and O–H groups in total. The van der Waals surface area contributed by atoms with Gasteiger partial charge in [0.25, 0.3) is 0 Å². The quantitative estimate of drug-likeness (QED) is 0.0172. The van der Waals surface area contributed by atoms with E-state index in [1.165, 1.54) is 167 Å². The van der Waals surface area contributed by atoms with Crippen LogP contribution in [0.15, 0.2) is 12.2 Å². The zero-order valence-electron chi connectivity index (χ0n) is 43.6. The van der Waals surface area contributed by atoms with E-state index in [1.54, 1.807) is 0 Å². The maximum absolute atomic E-state index is 13.1. The van der Waals surface area contributed by atoms with E-state index >= 15 is 0 Å². The largest absolute Gasteiger partial charge is 0.457 e. The van der Waals surface area contributed by atoms with Gasteiger partial charge in [0.15, 0.2) is 12.6 Å². The molecular formula is C55H104O14. The van der Waals surface area contributed by atoms with Crippen LogP contribution in [-0.4, -0.2) is 142 Å². The summed E-state index contributed by atoms with van der Waals surface area (Å²) >= 11 is 0. The molecule has 0 aromatic carbocycles. The van der Waals surface area contributed by atoms with Crippen LogP contribution in [-0.2, 0) is 33.2 Å². The van der Waals surface area contributed by atoms with Crippen molar-refractivity contribution in [3.05, 3.63) is 12.2 Å². The van der Waals surface area contributed by atoms with Gasteiger partial charge in [-0.15, -0.1) is 0 Å². The number of hydrogen-bond donors (Lipinski definition) is 7. The van der Waals surface area contributed by atoms with Crippen LogP contribution in [0, 0.1) is 0 Å². The molecule has 0 spiro atoms. The van der Waals surface area contributed by atoms with Gasteiger partial charge in [-0.1, -0.05) is 199 Å². The Kier molecular flexibility index (Phi) is 39.9. The van der Waals surface area contributed by atoms with Crippen LogP contribution in [0.1, 0.15) is 232 Å². The lowest BCUT2D eigenvalue weighted by molar-refractivity contribution is -0.332. The molecule has 11 atom stereocenters. The Labute approximate surface area is 418 Å². The first-order valence-corrected chi connectivity index (χ1v) is 28.3. The number of aliphatic hydroxyl groups is 7. The first-order valence-electron chi connectivity index (χ1n) is 28.3. The highest BCUT2D eigenvalue weighted by atomic mass is 16.7. The number of ether oxygens (including phenoxy) is 6. The SMILES string of the molecule is CCCCCCCC/C=C\CCCCCCCCCCCC(=O)OC(COCCCCCCCCCCCCCCCCCC)COC1OC(COC2OC(CO)C(O)C(O)C2O)C(O)C(O)C1O. The molecule has 0 bridgehead atoms. The second-order valence-electron chi connectivity index (χ2n) is 20.1. The van der Waals surface area contributed by atoms with Gasteiger partial charge in [-0.05, 0) is 38.5 Å². The number of carbonyl (C=O) groups excluding carboxylic acids is 1. The average Bonchev–Trinajstić information content (AvgIpc) is 3.35. The number of allylic oxidation sites excluding steroid dienone is 2. The Morgan fingerprint density at radius 1 is 0.464 bits per heavy atom. The summed E-state index contributed by atoms with van der Waals surface area (Å²) in [6.07, 6.45) is 29.8. The number of unbranched alkanes of at least 4 members (excludes halogenated alkanes) is 30. The minimum atomic E-state index is -1.70. The zero-order chi connectivity index (χ0) is 50.2. The molecule has 0 aromatic rings. The summed E-state index contributed by atoms with van der Waals surface area (Å²) < 4.78 is 34.4. The minimum Gasteiger partial charge on any atom is -0.457 e. The van der Waals surface area contributed by atoms with Gasteiger partial charge in [-0.25, -0.2) is 0 Å². The van der Waals surface area contributed by atoms with E-state index in [9.17, 15) is 40.5 Å². The molecule has 0 radical (unpaired) electrons. The van der Waals surface area contributed by atoms with E-state index in [2.05, 4.69) is 26.0 Å². The molecule has 69 heavy (non-hydrogen) atoms. The van der Waals surface area contributed by atoms with Crippen LogP contribution in [0.5, 0.6) is 0 Å². The maximum atomic E-state index is 13.1. The number of carbonyl (C=O) groups is 1. The monoisotopic (exact) mass is 989 g/mol. The van der Waals surface area contributed by atoms with Gasteiger partial charge in [0, 0.05) is 13.0 Å². The molecule has 0 aromatic heterocycles. The van der Waals surface area contributed by atoms with Gasteiger partial charge in [-0.2, -0.15) is 0 Å². The third-order valence-electron chi connectivity index (χ3n) is 13.8. The van der Waals surface area contributed by atoms with Crippen molar-refractivity contribution in [3.63, 3.8) is 0 Å². The summed E-state index contributed by atoms with van der Waals surface area (Å²) in [5.74, 6) is -0.373. The fourth-order valence-electron chi connectivity index (χ4n) is 9.16. The minimum absolute atomic E-state index is 0.0671. The van der Waals surface area contributed by atoms with Crippen molar-refractivity contribution < 1.29 is 69.0 Å². The lowest BCUT2D eigenvalue weighted by Gasteiger charge is -2.42. The predicted molar refractivity (Wildman–Crippen MR) is 271 cm³/mol. The first kappa shape index (κ1) is 63.8. The normalized spacial score (nSPS) is 25.7. The third kappa shape index (κ3) is 30.5. The highest BCUT2D eigenvalue weighted by molar-refractivity contribution is 5.69. The van der Waals surface area contributed by atoms with Crippen molar-refractivity contribution >= 4 is 5.97 Å². The van der Waals surface area contributed by atoms with Crippen LogP contribution >= 0.6 is 0 Å². The van der Waals surface area contributed by atoms with Crippen LogP contribution in [0.3, 0.4) is 0 Å². The van der Waals surface area contributed by atoms with E-state index in [-0.39, 0.29) is 25.6 Å². The van der Waals surface area contributed by atoms with Gasteiger partial charge in [0.1, 0.15) is 54.9 Å². The second-order valence-corrected chi connectivity index (χ2v) is 20.1. The molecule has 2 heterocycles. The molecular weight excluding hydrogens is 885 g/mol. The fourth-order valence-corrected chi connectivity index (χ4v) is 9.16. The van der Waals surface area contributed by atoms with E-state index in [0.29, 0.717) is 13.0 Å². The molecule has 2 aliphatic rings. The molecule has 11 unspecified atom stereocenters. The fraction of sp³-hybridized carbons (Fsp3) is 0.945. The summed E-state index contributed by atoms with van der Waals surface area (Å²) in [6, 6.07) is 0. The molecule has 14 heteroatoms. The number of aliphatic hydroxyl groups excluding tert-OH is 7. The predicted octanol–water partition coefficient (Wildman–Crippen LogP) is 9.41. The smallest absolute Gasteiger partial charge is 0.306 e. The Morgan fingerprint density at radius 2 is 0.855 bits per heavy atom. The molecule has 0 amide bonds. The molecule has 2 fully saturated rings. The standard InChI is InChI=1S/C55H104O14/c1-3-5-7-9-11-13-15-17-19-21-22-23-24-26-28-30-32-34-36-38-47(57)67-44(41-64-39-37-35-33-31-29-27-25-20-18-16-14-12-10-8-6-4-2)42-65-54-53(63)51(61)49(59)46(69-54)43-66-55-52(62)50(60)48(58)45(40-56)68-55/h17,19,44-46,48-56,58-63H,3-16,18,20-43H2,1-2H3/b19-17-. The molecule has 0 aliphatic carbocycles. The van der Waals surface area contributed by atoms with Crippen molar-refractivity contribution in [2.24, 2.45) is 0 Å². The van der Waals surface area contributed by atoms with Gasteiger partial charge in [-0.3, -0.25) is 4.79 Å². The lowest BCUT2D eigenvalue weighted by atomic mass is 9.98. The van der Waals surface area contributed by atoms with E-state index in [1.807, 2.05) is 0 Å². The van der Waals surface area contributed by atoms with Crippen molar-refractivity contribution in [1.82, 2.24) is 0 Å². The Bertz CT molecular complexity index is 1190. The highest BCUT2D eigenvalue weighted by Gasteiger charge is 2.47. The topological polar surface area (TPSA) is 214 Å². The van der Waals surface area contributed by atoms with Crippen molar-refractivity contribution in [2.45, 2.75) is 300 Å². The Balaban J connectivity index is 1.73. The van der Waals surface area contributed by atoms with Gasteiger partial charge in [0.2, 0.25) is 0 Å². The van der Waals surface area contributed by atoms with Crippen LogP contribution in [0.25, 0.3) is 0 Å². The third-order valence-corrected chi connectivity index (χ3v) is 13.8. The Morgan fingerprint density at radius 3 is 1.32 bits per heavy atom. The van der Waals surface area contributed by atoms with Gasteiger partial charge in [0.05, 0.1) is 26.4 Å². The summed E-state index contributed by atoms with van der Waals surface area (Å²) in [5.41, 5.74) is 0. The van der Waals surface area contributed by atoms with E-state index in [4.69, 9.17) is 28.4 Å².